The molecule has 142 valence electrons. The second-order valence-electron chi connectivity index (χ2n) is 6.15. The summed E-state index contributed by atoms with van der Waals surface area (Å²) in [6.07, 6.45) is 2.35. The minimum atomic E-state index is -0.455. The van der Waals surface area contributed by atoms with Crippen LogP contribution in [0.15, 0.2) is 0 Å². The number of halogens is 1. The lowest BCUT2D eigenvalue weighted by Gasteiger charge is -2.35. The van der Waals surface area contributed by atoms with Crippen molar-refractivity contribution in [3.05, 3.63) is 0 Å². The maximum atomic E-state index is 11.9. The van der Waals surface area contributed by atoms with E-state index < -0.39 is 5.97 Å². The van der Waals surface area contributed by atoms with E-state index in [2.05, 4.69) is 4.90 Å². The van der Waals surface area contributed by atoms with Gasteiger partial charge in [-0.25, -0.2) is 0 Å². The number of likely N-dealkylation sites (tertiary alicyclic amines) is 1. The molecule has 0 aromatic heterocycles. The summed E-state index contributed by atoms with van der Waals surface area (Å²) in [6, 6.07) is 0. The van der Waals surface area contributed by atoms with E-state index >= 15 is 0 Å². The van der Waals surface area contributed by atoms with Crippen LogP contribution in [0.2, 0.25) is 0 Å². The Bertz CT molecular complexity index is 490. The molecule has 2 heterocycles. The average molecular weight is 376 g/mol. The Labute approximate surface area is 153 Å². The van der Waals surface area contributed by atoms with Gasteiger partial charge in [0.05, 0.1) is 0 Å². The molecule has 0 radical (unpaired) electrons. The first-order chi connectivity index (χ1) is 11.5. The van der Waals surface area contributed by atoms with Crippen LogP contribution in [0.25, 0.3) is 0 Å². The van der Waals surface area contributed by atoms with Crippen molar-refractivity contribution < 1.29 is 23.9 Å². The van der Waals surface area contributed by atoms with Gasteiger partial charge < -0.3 is 9.64 Å². The Hall–Kier alpha value is -1.67. The summed E-state index contributed by atoms with van der Waals surface area (Å²) in [5.74, 6) is -0.752. The highest BCUT2D eigenvalue weighted by Crippen LogP contribution is 2.13. The molecule has 25 heavy (non-hydrogen) atoms. The summed E-state index contributed by atoms with van der Waals surface area (Å²) < 4.78 is 4.72. The minimum absolute atomic E-state index is 0. The fourth-order valence-corrected chi connectivity index (χ4v) is 2.98. The van der Waals surface area contributed by atoms with E-state index in [0.717, 1.165) is 26.1 Å². The van der Waals surface area contributed by atoms with Crippen molar-refractivity contribution in [2.45, 2.75) is 32.6 Å². The standard InChI is InChI=1S/C16H25N3O5.ClH/c1-13(20)24-12-16(23)18-10-8-17(9-11-18)6-3-7-19-14(21)4-2-5-15(19)22;/h2-12H2,1H3;1H. The lowest BCUT2D eigenvalue weighted by Crippen LogP contribution is -2.50. The molecule has 2 saturated heterocycles. The molecule has 3 amide bonds. The molecule has 0 aliphatic carbocycles. The smallest absolute Gasteiger partial charge is 0.303 e. The Kier molecular flexibility index (Phi) is 8.85. The van der Waals surface area contributed by atoms with E-state index in [0.29, 0.717) is 38.9 Å². The molecule has 0 saturated carbocycles. The van der Waals surface area contributed by atoms with Gasteiger partial charge >= 0.3 is 5.97 Å². The van der Waals surface area contributed by atoms with Crippen molar-refractivity contribution in [2.75, 3.05) is 45.9 Å². The molecule has 2 aliphatic heterocycles. The van der Waals surface area contributed by atoms with Crippen LogP contribution < -0.4 is 0 Å². The minimum Gasteiger partial charge on any atom is -0.456 e. The summed E-state index contributed by atoms with van der Waals surface area (Å²) in [4.78, 5) is 51.3. The van der Waals surface area contributed by atoms with Gasteiger partial charge in [-0.2, -0.15) is 0 Å². The van der Waals surface area contributed by atoms with Crippen molar-refractivity contribution in [1.82, 2.24) is 14.7 Å². The number of carbonyl (C=O) groups is 4. The van der Waals surface area contributed by atoms with Crippen LogP contribution in [0.4, 0.5) is 0 Å². The molecule has 0 bridgehead atoms. The molecular weight excluding hydrogens is 350 g/mol. The monoisotopic (exact) mass is 375 g/mol. The number of hydrogen-bond acceptors (Lipinski definition) is 6. The summed E-state index contributed by atoms with van der Waals surface area (Å²) in [6.45, 7) is 5.04. The lowest BCUT2D eigenvalue weighted by atomic mass is 10.1. The fraction of sp³-hybridized carbons (Fsp3) is 0.750. The predicted octanol–water partition coefficient (Wildman–Crippen LogP) is 0.0447. The molecule has 0 spiro atoms. The number of hydrogen-bond donors (Lipinski definition) is 0. The van der Waals surface area contributed by atoms with E-state index in [-0.39, 0.29) is 36.7 Å². The number of piperidine rings is 1. The maximum absolute atomic E-state index is 11.9. The number of rotatable bonds is 6. The molecule has 2 aliphatic rings. The number of piperazine rings is 1. The van der Waals surface area contributed by atoms with Crippen molar-refractivity contribution in [2.24, 2.45) is 0 Å². The summed E-state index contributed by atoms with van der Waals surface area (Å²) in [7, 11) is 0. The summed E-state index contributed by atoms with van der Waals surface area (Å²) in [5.41, 5.74) is 0. The largest absolute Gasteiger partial charge is 0.456 e. The Morgan fingerprint density at radius 1 is 1.00 bits per heavy atom. The fourth-order valence-electron chi connectivity index (χ4n) is 2.98. The number of imide groups is 1. The second kappa shape index (κ2) is 10.4. The zero-order valence-electron chi connectivity index (χ0n) is 14.6. The van der Waals surface area contributed by atoms with Crippen LogP contribution in [-0.4, -0.2) is 84.3 Å². The normalized spacial score (nSPS) is 18.8. The lowest BCUT2D eigenvalue weighted by molar-refractivity contribution is -0.151. The van der Waals surface area contributed by atoms with Crippen LogP contribution >= 0.6 is 12.4 Å². The third-order valence-corrected chi connectivity index (χ3v) is 4.36. The molecule has 0 aromatic carbocycles. The van der Waals surface area contributed by atoms with E-state index in [1.165, 1.54) is 11.8 Å². The summed E-state index contributed by atoms with van der Waals surface area (Å²) in [5, 5.41) is 0. The van der Waals surface area contributed by atoms with Crippen LogP contribution in [0.1, 0.15) is 32.6 Å². The number of amides is 3. The van der Waals surface area contributed by atoms with Gasteiger partial charge in [0.25, 0.3) is 5.91 Å². The van der Waals surface area contributed by atoms with E-state index in [4.69, 9.17) is 4.74 Å². The van der Waals surface area contributed by atoms with E-state index in [1.54, 1.807) is 4.90 Å². The quantitative estimate of drug-likeness (QED) is 0.481. The van der Waals surface area contributed by atoms with Crippen molar-refractivity contribution in [1.29, 1.82) is 0 Å². The third-order valence-electron chi connectivity index (χ3n) is 4.36. The van der Waals surface area contributed by atoms with Crippen molar-refractivity contribution >= 4 is 36.1 Å². The van der Waals surface area contributed by atoms with Crippen LogP contribution in [-0.2, 0) is 23.9 Å². The first-order valence-electron chi connectivity index (χ1n) is 8.44. The highest BCUT2D eigenvalue weighted by Gasteiger charge is 2.26. The van der Waals surface area contributed by atoms with Gasteiger partial charge in [0.15, 0.2) is 6.61 Å². The van der Waals surface area contributed by atoms with Gasteiger partial charge in [-0.05, 0) is 19.4 Å². The molecule has 9 heteroatoms. The second-order valence-corrected chi connectivity index (χ2v) is 6.15. The molecule has 0 atom stereocenters. The molecule has 2 rings (SSSR count). The third kappa shape index (κ3) is 6.62. The van der Waals surface area contributed by atoms with Gasteiger partial charge in [-0.1, -0.05) is 0 Å². The van der Waals surface area contributed by atoms with Gasteiger partial charge in [-0.3, -0.25) is 29.0 Å². The highest BCUT2D eigenvalue weighted by atomic mass is 35.5. The Morgan fingerprint density at radius 2 is 1.60 bits per heavy atom. The van der Waals surface area contributed by atoms with Crippen LogP contribution in [0.3, 0.4) is 0 Å². The number of esters is 1. The topological polar surface area (TPSA) is 87.2 Å². The molecular formula is C16H26ClN3O5. The molecule has 0 N–H and O–H groups in total. The summed E-state index contributed by atoms with van der Waals surface area (Å²) >= 11 is 0. The number of nitrogens with zero attached hydrogens (tertiary/aromatic N) is 3. The molecule has 2 fully saturated rings. The molecule has 8 nitrogen and oxygen atoms in total. The van der Waals surface area contributed by atoms with Gasteiger partial charge in [0.2, 0.25) is 11.8 Å². The zero-order chi connectivity index (χ0) is 17.5. The van der Waals surface area contributed by atoms with Crippen LogP contribution in [0.5, 0.6) is 0 Å². The zero-order valence-corrected chi connectivity index (χ0v) is 15.4. The first kappa shape index (κ1) is 21.4. The average Bonchev–Trinajstić information content (AvgIpc) is 2.56. The van der Waals surface area contributed by atoms with Crippen LogP contribution in [0, 0.1) is 0 Å². The molecule has 0 aromatic rings. The van der Waals surface area contributed by atoms with Crippen molar-refractivity contribution in [3.8, 4) is 0 Å². The van der Waals surface area contributed by atoms with Gasteiger partial charge in [0, 0.05) is 52.5 Å². The predicted molar refractivity (Wildman–Crippen MR) is 92.1 cm³/mol. The SMILES string of the molecule is CC(=O)OCC(=O)N1CCN(CCCN2C(=O)CCCC2=O)CC1.Cl. The van der Waals surface area contributed by atoms with Gasteiger partial charge in [0.1, 0.15) is 0 Å². The van der Waals surface area contributed by atoms with E-state index in [1.807, 2.05) is 0 Å². The van der Waals surface area contributed by atoms with Crippen molar-refractivity contribution in [3.63, 3.8) is 0 Å². The molecule has 0 unspecified atom stereocenters. The van der Waals surface area contributed by atoms with E-state index in [9.17, 15) is 19.2 Å². The number of carbonyl (C=O) groups excluding carboxylic acids is 4. The van der Waals surface area contributed by atoms with Gasteiger partial charge in [-0.15, -0.1) is 12.4 Å². The first-order valence-corrected chi connectivity index (χ1v) is 8.44. The Balaban J connectivity index is 0.00000312. The maximum Gasteiger partial charge on any atom is 0.303 e. The Morgan fingerprint density at radius 3 is 2.16 bits per heavy atom. The number of ether oxygens (including phenoxy) is 1. The highest BCUT2D eigenvalue weighted by molar-refractivity contribution is 5.97.